The molecule has 0 heteroatoms. The topological polar surface area (TPSA) is 0 Å². The van der Waals surface area contributed by atoms with Gasteiger partial charge in [0.25, 0.3) is 0 Å². The molecule has 0 aromatic heterocycles. The van der Waals surface area contributed by atoms with Gasteiger partial charge in [-0.05, 0) is 18.3 Å². The molecule has 0 saturated heterocycles. The Labute approximate surface area is 71.7 Å². The van der Waals surface area contributed by atoms with Gasteiger partial charge in [0.1, 0.15) is 0 Å². The summed E-state index contributed by atoms with van der Waals surface area (Å²) < 4.78 is 0. The Balaban J connectivity index is 3.77. The summed E-state index contributed by atoms with van der Waals surface area (Å²) in [6.07, 6.45) is 9.59. The van der Waals surface area contributed by atoms with Crippen LogP contribution in [0.5, 0.6) is 0 Å². The molecule has 0 nitrogen and oxygen atoms in total. The van der Waals surface area contributed by atoms with Crippen LogP contribution >= 0.6 is 0 Å². The quantitative estimate of drug-likeness (QED) is 0.521. The minimum absolute atomic E-state index is 0.547. The molecule has 0 aromatic rings. The van der Waals surface area contributed by atoms with Crippen molar-refractivity contribution < 1.29 is 0 Å². The number of hydrogen-bond donors (Lipinski definition) is 0. The van der Waals surface area contributed by atoms with E-state index in [-0.39, 0.29) is 0 Å². The highest BCUT2D eigenvalue weighted by molar-refractivity contribution is 4.87. The molecule has 0 N–H and O–H groups in total. The van der Waals surface area contributed by atoms with Gasteiger partial charge in [0.15, 0.2) is 0 Å². The van der Waals surface area contributed by atoms with Gasteiger partial charge >= 0.3 is 0 Å². The van der Waals surface area contributed by atoms with E-state index >= 15 is 0 Å². The summed E-state index contributed by atoms with van der Waals surface area (Å²) in [6.45, 7) is 9.12. The molecule has 0 aliphatic rings. The fourth-order valence-electron chi connectivity index (χ4n) is 1.07. The molecule has 0 radical (unpaired) electrons. The van der Waals surface area contributed by atoms with Crippen LogP contribution in [0.1, 0.15) is 53.4 Å². The molecule has 0 unspecified atom stereocenters. The molecule has 0 aliphatic heterocycles. The molecule has 66 valence electrons. The van der Waals surface area contributed by atoms with Crippen molar-refractivity contribution in [3.05, 3.63) is 12.2 Å². The summed E-state index contributed by atoms with van der Waals surface area (Å²) in [7, 11) is 0. The summed E-state index contributed by atoms with van der Waals surface area (Å²) >= 11 is 0. The van der Waals surface area contributed by atoms with E-state index in [9.17, 15) is 0 Å². The van der Waals surface area contributed by atoms with Gasteiger partial charge in [-0.15, -0.1) is 0 Å². The maximum absolute atomic E-state index is 2.37. The lowest BCUT2D eigenvalue weighted by atomic mass is 9.81. The maximum atomic E-state index is 2.37. The zero-order valence-electron chi connectivity index (χ0n) is 8.48. The van der Waals surface area contributed by atoms with E-state index < -0.39 is 0 Å². The molecule has 11 heavy (non-hydrogen) atoms. The third kappa shape index (κ3) is 4.23. The third-order valence-electron chi connectivity index (χ3n) is 2.72. The van der Waals surface area contributed by atoms with Crippen LogP contribution in [-0.4, -0.2) is 0 Å². The highest BCUT2D eigenvalue weighted by Gasteiger charge is 2.16. The van der Waals surface area contributed by atoms with Crippen LogP contribution in [0, 0.1) is 5.41 Å². The molecule has 0 saturated carbocycles. The van der Waals surface area contributed by atoms with Crippen molar-refractivity contribution in [3.63, 3.8) is 0 Å². The van der Waals surface area contributed by atoms with Crippen molar-refractivity contribution >= 4 is 0 Å². The first-order valence-corrected chi connectivity index (χ1v) is 4.83. The van der Waals surface area contributed by atoms with E-state index in [0.717, 1.165) is 0 Å². The van der Waals surface area contributed by atoms with Gasteiger partial charge in [-0.1, -0.05) is 52.7 Å². The lowest BCUT2D eigenvalue weighted by molar-refractivity contribution is 0.302. The van der Waals surface area contributed by atoms with E-state index in [1.54, 1.807) is 0 Å². The lowest BCUT2D eigenvalue weighted by Gasteiger charge is -2.24. The zero-order valence-corrected chi connectivity index (χ0v) is 8.48. The van der Waals surface area contributed by atoms with Gasteiger partial charge in [0.05, 0.1) is 0 Å². The monoisotopic (exact) mass is 154 g/mol. The van der Waals surface area contributed by atoms with Gasteiger partial charge in [-0.2, -0.15) is 0 Å². The molecule has 0 aromatic carbocycles. The summed E-state index contributed by atoms with van der Waals surface area (Å²) in [6, 6.07) is 0. The minimum Gasteiger partial charge on any atom is -0.0888 e. The Hall–Kier alpha value is -0.260. The van der Waals surface area contributed by atoms with Crippen LogP contribution in [0.15, 0.2) is 12.2 Å². The first-order chi connectivity index (χ1) is 5.18. The molecule has 0 amide bonds. The van der Waals surface area contributed by atoms with Crippen LogP contribution in [0.3, 0.4) is 0 Å². The molecule has 0 bridgehead atoms. The molecule has 0 spiro atoms. The minimum atomic E-state index is 0.547. The van der Waals surface area contributed by atoms with Crippen molar-refractivity contribution in [1.29, 1.82) is 0 Å². The second-order valence-corrected chi connectivity index (χ2v) is 3.60. The normalized spacial score (nSPS) is 12.7. The first-order valence-electron chi connectivity index (χ1n) is 4.83. The van der Waals surface area contributed by atoms with Crippen molar-refractivity contribution in [1.82, 2.24) is 0 Å². The zero-order chi connectivity index (χ0) is 8.74. The molecule has 0 heterocycles. The van der Waals surface area contributed by atoms with Gasteiger partial charge in [-0.25, -0.2) is 0 Å². The highest BCUT2D eigenvalue weighted by Crippen LogP contribution is 2.29. The van der Waals surface area contributed by atoms with Gasteiger partial charge in [0.2, 0.25) is 0 Å². The summed E-state index contributed by atoms with van der Waals surface area (Å²) in [5, 5.41) is 0. The summed E-state index contributed by atoms with van der Waals surface area (Å²) in [4.78, 5) is 0. The van der Waals surface area contributed by atoms with E-state index in [0.29, 0.717) is 5.41 Å². The predicted molar refractivity (Wildman–Crippen MR) is 52.7 cm³/mol. The highest BCUT2D eigenvalue weighted by atomic mass is 14.2. The Kier molecular flexibility index (Phi) is 5.27. The molecule has 0 fully saturated rings. The van der Waals surface area contributed by atoms with E-state index in [2.05, 4.69) is 39.8 Å². The second kappa shape index (κ2) is 5.40. The summed E-state index contributed by atoms with van der Waals surface area (Å²) in [5.41, 5.74) is 0.547. The van der Waals surface area contributed by atoms with Crippen LogP contribution in [0.2, 0.25) is 0 Å². The van der Waals surface area contributed by atoms with Crippen molar-refractivity contribution in [2.75, 3.05) is 0 Å². The Bertz CT molecular complexity index is 107. The number of hydrogen-bond acceptors (Lipinski definition) is 0. The Morgan fingerprint density at radius 3 is 1.91 bits per heavy atom. The fourth-order valence-corrected chi connectivity index (χ4v) is 1.07. The lowest BCUT2D eigenvalue weighted by Crippen LogP contribution is -2.11. The van der Waals surface area contributed by atoms with Gasteiger partial charge in [-0.3, -0.25) is 0 Å². The Morgan fingerprint density at radius 1 is 1.00 bits per heavy atom. The SMILES string of the molecule is CCC=CCC(C)(CC)CC. The second-order valence-electron chi connectivity index (χ2n) is 3.60. The predicted octanol–water partition coefficient (Wildman–Crippen LogP) is 4.17. The average Bonchev–Trinajstić information content (AvgIpc) is 2.05. The Morgan fingerprint density at radius 2 is 1.55 bits per heavy atom. The van der Waals surface area contributed by atoms with Gasteiger partial charge in [0, 0.05) is 0 Å². The van der Waals surface area contributed by atoms with Gasteiger partial charge < -0.3 is 0 Å². The van der Waals surface area contributed by atoms with Crippen molar-refractivity contribution in [2.45, 2.75) is 53.4 Å². The molecule has 0 atom stereocenters. The standard InChI is InChI=1S/C11H22/c1-5-8-9-10-11(4,6-2)7-3/h8-9H,5-7,10H2,1-4H3. The van der Waals surface area contributed by atoms with E-state index in [1.165, 1.54) is 25.7 Å². The largest absolute Gasteiger partial charge is 0.0888 e. The van der Waals surface area contributed by atoms with E-state index in [4.69, 9.17) is 0 Å². The van der Waals surface area contributed by atoms with Crippen LogP contribution in [-0.2, 0) is 0 Å². The van der Waals surface area contributed by atoms with Crippen LogP contribution in [0.4, 0.5) is 0 Å². The fraction of sp³-hybridized carbons (Fsp3) is 0.818. The number of allylic oxidation sites excluding steroid dienone is 2. The van der Waals surface area contributed by atoms with Crippen LogP contribution in [0.25, 0.3) is 0 Å². The van der Waals surface area contributed by atoms with Crippen molar-refractivity contribution in [2.24, 2.45) is 5.41 Å². The number of rotatable bonds is 5. The third-order valence-corrected chi connectivity index (χ3v) is 2.72. The molecular weight excluding hydrogens is 132 g/mol. The first kappa shape index (κ1) is 10.7. The van der Waals surface area contributed by atoms with E-state index in [1.807, 2.05) is 0 Å². The van der Waals surface area contributed by atoms with Crippen molar-refractivity contribution in [3.8, 4) is 0 Å². The molecular formula is C11H22. The smallest absolute Gasteiger partial charge is 0.0297 e. The average molecular weight is 154 g/mol. The molecule has 0 rings (SSSR count). The maximum Gasteiger partial charge on any atom is -0.0297 e. The van der Waals surface area contributed by atoms with Crippen LogP contribution < -0.4 is 0 Å². The molecule has 0 aliphatic carbocycles. The summed E-state index contributed by atoms with van der Waals surface area (Å²) in [5.74, 6) is 0.